The number of para-hydroxylation sites is 1. The van der Waals surface area contributed by atoms with Gasteiger partial charge in [-0.1, -0.05) is 29.8 Å². The molecule has 1 aliphatic carbocycles. The molecule has 1 aromatic heterocycles. The average Bonchev–Trinajstić information content (AvgIpc) is 3.21. The molecule has 2 aromatic rings. The second-order valence-corrected chi connectivity index (χ2v) is 6.47. The summed E-state index contributed by atoms with van der Waals surface area (Å²) in [5.41, 5.74) is 6.88. The Balaban J connectivity index is 1.83. The topological polar surface area (TPSA) is 103 Å². The lowest BCUT2D eigenvalue weighted by molar-refractivity contribution is -0.122. The zero-order valence-corrected chi connectivity index (χ0v) is 14.6. The molecule has 134 valence electrons. The molecule has 25 heavy (non-hydrogen) atoms. The Morgan fingerprint density at radius 1 is 1.44 bits per heavy atom. The van der Waals surface area contributed by atoms with Crippen LogP contribution < -0.4 is 15.8 Å². The lowest BCUT2D eigenvalue weighted by Gasteiger charge is -2.20. The van der Waals surface area contributed by atoms with Gasteiger partial charge in [0.05, 0.1) is 7.11 Å². The molecule has 3 atom stereocenters. The van der Waals surface area contributed by atoms with Crippen LogP contribution in [0.3, 0.4) is 0 Å². The normalized spacial score (nSPS) is 21.1. The number of ether oxygens (including phenoxy) is 1. The third-order valence-corrected chi connectivity index (χ3v) is 4.72. The highest BCUT2D eigenvalue weighted by molar-refractivity contribution is 5.77. The van der Waals surface area contributed by atoms with Gasteiger partial charge in [0, 0.05) is 24.9 Å². The summed E-state index contributed by atoms with van der Waals surface area (Å²) in [6.07, 6.45) is 3.47. The molecule has 0 bridgehead atoms. The third-order valence-electron chi connectivity index (χ3n) is 4.72. The number of aryl methyl sites for hydroxylation is 1. The van der Waals surface area contributed by atoms with E-state index in [2.05, 4.69) is 15.5 Å². The van der Waals surface area contributed by atoms with Crippen molar-refractivity contribution in [2.24, 2.45) is 11.7 Å². The Hall–Kier alpha value is -2.41. The number of nitrogens with two attached hydrogens (primary N) is 1. The number of rotatable bonds is 6. The van der Waals surface area contributed by atoms with Crippen LogP contribution in [0.5, 0.6) is 5.75 Å². The van der Waals surface area contributed by atoms with Crippen molar-refractivity contribution in [2.75, 3.05) is 7.11 Å². The number of benzene rings is 1. The maximum absolute atomic E-state index is 12.6. The van der Waals surface area contributed by atoms with E-state index in [9.17, 15) is 4.79 Å². The highest BCUT2D eigenvalue weighted by Gasteiger charge is 2.29. The van der Waals surface area contributed by atoms with Crippen LogP contribution in [-0.4, -0.2) is 29.2 Å². The number of nitrogens with one attached hydrogen (secondary N) is 1. The molecule has 1 amide bonds. The first-order chi connectivity index (χ1) is 12.1. The Labute approximate surface area is 146 Å². The molecule has 1 aromatic carbocycles. The van der Waals surface area contributed by atoms with Crippen molar-refractivity contribution >= 4 is 5.91 Å². The molecule has 0 aliphatic heterocycles. The van der Waals surface area contributed by atoms with Crippen molar-refractivity contribution in [1.82, 2.24) is 15.5 Å². The summed E-state index contributed by atoms with van der Waals surface area (Å²) < 4.78 is 10.5. The van der Waals surface area contributed by atoms with Gasteiger partial charge >= 0.3 is 0 Å². The van der Waals surface area contributed by atoms with E-state index in [1.807, 2.05) is 24.3 Å². The number of aromatic nitrogens is 2. The van der Waals surface area contributed by atoms with E-state index in [1.54, 1.807) is 14.0 Å². The smallest absolute Gasteiger partial charge is 0.223 e. The average molecular weight is 344 g/mol. The molecule has 7 nitrogen and oxygen atoms in total. The Kier molecular flexibility index (Phi) is 5.33. The first-order valence-corrected chi connectivity index (χ1v) is 8.56. The van der Waals surface area contributed by atoms with Gasteiger partial charge in [0.15, 0.2) is 5.82 Å². The quantitative estimate of drug-likeness (QED) is 0.832. The fraction of sp³-hybridized carbons (Fsp3) is 0.500. The number of methoxy groups -OCH3 is 1. The summed E-state index contributed by atoms with van der Waals surface area (Å²) in [4.78, 5) is 16.9. The van der Waals surface area contributed by atoms with Crippen LogP contribution in [0.15, 0.2) is 28.8 Å². The molecule has 1 aliphatic rings. The largest absolute Gasteiger partial charge is 0.496 e. The van der Waals surface area contributed by atoms with Gasteiger partial charge in [-0.05, 0) is 24.8 Å². The number of hydrogen-bond acceptors (Lipinski definition) is 6. The van der Waals surface area contributed by atoms with Crippen LogP contribution in [0.4, 0.5) is 0 Å². The van der Waals surface area contributed by atoms with E-state index in [-0.39, 0.29) is 17.9 Å². The maximum atomic E-state index is 12.6. The molecule has 3 rings (SSSR count). The van der Waals surface area contributed by atoms with Gasteiger partial charge in [0.2, 0.25) is 11.8 Å². The maximum Gasteiger partial charge on any atom is 0.223 e. The monoisotopic (exact) mass is 344 g/mol. The van der Waals surface area contributed by atoms with E-state index in [0.29, 0.717) is 23.9 Å². The summed E-state index contributed by atoms with van der Waals surface area (Å²) in [6.45, 7) is 1.72. The van der Waals surface area contributed by atoms with Gasteiger partial charge in [0.1, 0.15) is 11.8 Å². The predicted molar refractivity (Wildman–Crippen MR) is 91.9 cm³/mol. The molecule has 1 heterocycles. The Bertz CT molecular complexity index is 731. The van der Waals surface area contributed by atoms with Crippen LogP contribution in [-0.2, 0) is 4.79 Å². The zero-order valence-electron chi connectivity index (χ0n) is 14.6. The summed E-state index contributed by atoms with van der Waals surface area (Å²) in [5.74, 6) is 1.67. The number of carbonyl (C=O) groups excluding carboxylic acids is 1. The van der Waals surface area contributed by atoms with Crippen molar-refractivity contribution < 1.29 is 14.1 Å². The van der Waals surface area contributed by atoms with Crippen molar-refractivity contribution in [1.29, 1.82) is 0 Å². The Morgan fingerprint density at radius 2 is 2.24 bits per heavy atom. The lowest BCUT2D eigenvalue weighted by Crippen LogP contribution is -2.34. The van der Waals surface area contributed by atoms with Crippen LogP contribution in [0.2, 0.25) is 0 Å². The summed E-state index contributed by atoms with van der Waals surface area (Å²) in [7, 11) is 1.59. The van der Waals surface area contributed by atoms with Crippen LogP contribution in [0.25, 0.3) is 0 Å². The van der Waals surface area contributed by atoms with Crippen molar-refractivity contribution in [3.05, 3.63) is 41.5 Å². The fourth-order valence-electron chi connectivity index (χ4n) is 3.40. The van der Waals surface area contributed by atoms with Gasteiger partial charge in [-0.15, -0.1) is 0 Å². The second-order valence-electron chi connectivity index (χ2n) is 6.47. The predicted octanol–water partition coefficient (Wildman–Crippen LogP) is 2.11. The second kappa shape index (κ2) is 7.65. The summed E-state index contributed by atoms with van der Waals surface area (Å²) in [5, 5.41) is 7.01. The fourth-order valence-corrected chi connectivity index (χ4v) is 3.40. The van der Waals surface area contributed by atoms with Crippen molar-refractivity contribution in [2.45, 2.75) is 44.7 Å². The van der Waals surface area contributed by atoms with Crippen LogP contribution in [0, 0.1) is 12.8 Å². The lowest BCUT2D eigenvalue weighted by atomic mass is 9.98. The van der Waals surface area contributed by atoms with Gasteiger partial charge in [0.25, 0.3) is 0 Å². The highest BCUT2D eigenvalue weighted by atomic mass is 16.5. The van der Waals surface area contributed by atoms with Crippen molar-refractivity contribution in [3.8, 4) is 5.75 Å². The number of hydrogen-bond donors (Lipinski definition) is 2. The van der Waals surface area contributed by atoms with E-state index in [1.165, 1.54) is 0 Å². The molecule has 1 saturated carbocycles. The van der Waals surface area contributed by atoms with Gasteiger partial charge in [-0.25, -0.2) is 0 Å². The molecule has 0 spiro atoms. The first-order valence-electron chi connectivity index (χ1n) is 8.56. The standard InChI is InChI=1S/C18H24N4O3/c1-11-20-18(22-25-11)17(13-7-3-4-9-15(13)24-2)21-16(23)10-12-6-5-8-14(12)19/h3-4,7,9,12,14,17H,5-6,8,10,19H2,1-2H3,(H,21,23)/t12-,14+,17?/m0/s1. The minimum absolute atomic E-state index is 0.0688. The molecule has 0 saturated heterocycles. The van der Waals surface area contributed by atoms with Gasteiger partial charge in [-0.3, -0.25) is 4.79 Å². The molecule has 7 heteroatoms. The molecule has 0 radical (unpaired) electrons. The minimum atomic E-state index is -0.529. The minimum Gasteiger partial charge on any atom is -0.496 e. The van der Waals surface area contributed by atoms with Crippen LogP contribution >= 0.6 is 0 Å². The van der Waals surface area contributed by atoms with E-state index in [4.69, 9.17) is 15.0 Å². The molecule has 1 fully saturated rings. The molecule has 1 unspecified atom stereocenters. The van der Waals surface area contributed by atoms with Crippen molar-refractivity contribution in [3.63, 3.8) is 0 Å². The summed E-state index contributed by atoms with van der Waals surface area (Å²) in [6, 6.07) is 7.06. The molecular weight excluding hydrogens is 320 g/mol. The molecular formula is C18H24N4O3. The zero-order chi connectivity index (χ0) is 17.8. The first kappa shape index (κ1) is 17.4. The number of nitrogens with zero attached hydrogens (tertiary/aromatic N) is 2. The summed E-state index contributed by atoms with van der Waals surface area (Å²) >= 11 is 0. The van der Waals surface area contributed by atoms with Gasteiger partial charge in [-0.2, -0.15) is 4.98 Å². The van der Waals surface area contributed by atoms with E-state index < -0.39 is 6.04 Å². The Morgan fingerprint density at radius 3 is 2.88 bits per heavy atom. The SMILES string of the molecule is COc1ccccc1C(NC(=O)C[C@@H]1CCC[C@H]1N)c1noc(C)n1. The highest BCUT2D eigenvalue weighted by Crippen LogP contribution is 2.30. The van der Waals surface area contributed by atoms with E-state index >= 15 is 0 Å². The van der Waals surface area contributed by atoms with E-state index in [0.717, 1.165) is 24.8 Å². The van der Waals surface area contributed by atoms with Crippen LogP contribution in [0.1, 0.15) is 49.0 Å². The number of amides is 1. The van der Waals surface area contributed by atoms with Gasteiger partial charge < -0.3 is 20.3 Å². The third kappa shape index (κ3) is 3.99. The molecule has 3 N–H and O–H groups in total. The number of carbonyl (C=O) groups is 1.